The van der Waals surface area contributed by atoms with E-state index in [0.29, 0.717) is 12.1 Å². The minimum Gasteiger partial charge on any atom is -0.462 e. The first-order valence-electron chi connectivity index (χ1n) is 8.08. The first-order chi connectivity index (χ1) is 12.4. The van der Waals surface area contributed by atoms with Crippen molar-refractivity contribution in [3.8, 4) is 0 Å². The fourth-order valence-corrected chi connectivity index (χ4v) is 3.44. The SMILES string of the molecule is CCOC(=O)c1c(NC(=O)CNCc2ccccc2)sc(C(N)=O)c1C. The normalized spacial score (nSPS) is 10.4. The summed E-state index contributed by atoms with van der Waals surface area (Å²) in [6.07, 6.45) is 0. The molecule has 0 unspecified atom stereocenters. The van der Waals surface area contributed by atoms with Crippen LogP contribution in [0.25, 0.3) is 0 Å². The van der Waals surface area contributed by atoms with Crippen LogP contribution in [0.3, 0.4) is 0 Å². The van der Waals surface area contributed by atoms with Crippen molar-refractivity contribution >= 4 is 34.1 Å². The van der Waals surface area contributed by atoms with Crippen molar-refractivity contribution in [3.63, 3.8) is 0 Å². The molecule has 2 amide bonds. The maximum atomic E-state index is 12.2. The first-order valence-corrected chi connectivity index (χ1v) is 8.90. The number of rotatable bonds is 8. The lowest BCUT2D eigenvalue weighted by Crippen LogP contribution is -2.28. The van der Waals surface area contributed by atoms with Gasteiger partial charge in [-0.2, -0.15) is 0 Å². The minimum absolute atomic E-state index is 0.0556. The van der Waals surface area contributed by atoms with Gasteiger partial charge >= 0.3 is 5.97 Å². The third-order valence-corrected chi connectivity index (χ3v) is 4.78. The molecule has 0 aliphatic heterocycles. The van der Waals surface area contributed by atoms with Crippen molar-refractivity contribution < 1.29 is 19.1 Å². The van der Waals surface area contributed by atoms with Crippen molar-refractivity contribution in [1.82, 2.24) is 5.32 Å². The molecule has 0 aliphatic rings. The average molecular weight is 375 g/mol. The summed E-state index contributed by atoms with van der Waals surface area (Å²) in [6, 6.07) is 9.66. The first kappa shape index (κ1) is 19.6. The number of carbonyl (C=O) groups excluding carboxylic acids is 3. The van der Waals surface area contributed by atoms with E-state index < -0.39 is 11.9 Å². The largest absolute Gasteiger partial charge is 0.462 e. The second kappa shape index (κ2) is 9.12. The second-order valence-electron chi connectivity index (χ2n) is 5.48. The molecule has 1 heterocycles. The number of hydrogen-bond donors (Lipinski definition) is 3. The Kier molecular flexibility index (Phi) is 6.88. The highest BCUT2D eigenvalue weighted by Gasteiger charge is 2.25. The van der Waals surface area contributed by atoms with E-state index in [1.165, 1.54) is 0 Å². The summed E-state index contributed by atoms with van der Waals surface area (Å²) in [5, 5.41) is 5.95. The van der Waals surface area contributed by atoms with Gasteiger partial charge in [-0.1, -0.05) is 30.3 Å². The number of hydrogen-bond acceptors (Lipinski definition) is 6. The molecule has 0 saturated carbocycles. The summed E-state index contributed by atoms with van der Waals surface area (Å²) in [5.41, 5.74) is 6.97. The van der Waals surface area contributed by atoms with Gasteiger partial charge in [-0.05, 0) is 25.0 Å². The van der Waals surface area contributed by atoms with E-state index >= 15 is 0 Å². The van der Waals surface area contributed by atoms with Crippen molar-refractivity contribution in [3.05, 3.63) is 51.9 Å². The summed E-state index contributed by atoms with van der Waals surface area (Å²) in [6.45, 7) is 4.06. The van der Waals surface area contributed by atoms with Crippen LogP contribution in [0.2, 0.25) is 0 Å². The molecule has 0 fully saturated rings. The third-order valence-electron chi connectivity index (χ3n) is 3.56. The number of thiophene rings is 1. The van der Waals surface area contributed by atoms with Crippen LogP contribution in [0.15, 0.2) is 30.3 Å². The zero-order valence-electron chi connectivity index (χ0n) is 14.6. The Morgan fingerprint density at radius 3 is 2.50 bits per heavy atom. The number of benzene rings is 1. The van der Waals surface area contributed by atoms with Crippen LogP contribution in [0, 0.1) is 6.92 Å². The van der Waals surface area contributed by atoms with Crippen LogP contribution in [0.1, 0.15) is 38.1 Å². The Balaban J connectivity index is 2.07. The van der Waals surface area contributed by atoms with Gasteiger partial charge < -0.3 is 21.1 Å². The molecule has 26 heavy (non-hydrogen) atoms. The van der Waals surface area contributed by atoms with Crippen LogP contribution in [-0.2, 0) is 16.1 Å². The molecule has 0 aliphatic carbocycles. The summed E-state index contributed by atoms with van der Waals surface area (Å²) >= 11 is 0.971. The highest BCUT2D eigenvalue weighted by atomic mass is 32.1. The van der Waals surface area contributed by atoms with Crippen LogP contribution < -0.4 is 16.4 Å². The smallest absolute Gasteiger partial charge is 0.341 e. The molecule has 4 N–H and O–H groups in total. The van der Waals surface area contributed by atoms with Gasteiger partial charge in [-0.15, -0.1) is 11.3 Å². The van der Waals surface area contributed by atoms with Gasteiger partial charge in [0.25, 0.3) is 5.91 Å². The number of carbonyl (C=O) groups is 3. The molecular formula is C18H21N3O4S. The zero-order valence-corrected chi connectivity index (χ0v) is 15.4. The Hall–Kier alpha value is -2.71. The van der Waals surface area contributed by atoms with Crippen LogP contribution >= 0.6 is 11.3 Å². The van der Waals surface area contributed by atoms with E-state index in [0.717, 1.165) is 16.9 Å². The number of nitrogens with one attached hydrogen (secondary N) is 2. The standard InChI is InChI=1S/C18H21N3O4S/c1-3-25-18(24)14-11(2)15(16(19)23)26-17(14)21-13(22)10-20-9-12-7-5-4-6-8-12/h4-8,20H,3,9-10H2,1-2H3,(H2,19,23)(H,21,22). The van der Waals surface area contributed by atoms with Crippen molar-refractivity contribution in [2.45, 2.75) is 20.4 Å². The number of esters is 1. The average Bonchev–Trinajstić information content (AvgIpc) is 2.92. The fourth-order valence-electron chi connectivity index (χ4n) is 2.37. The molecule has 0 spiro atoms. The number of anilines is 1. The van der Waals surface area contributed by atoms with E-state index in [2.05, 4.69) is 10.6 Å². The molecule has 0 saturated heterocycles. The number of ether oxygens (including phenoxy) is 1. The Labute approximate surface area is 155 Å². The maximum absolute atomic E-state index is 12.2. The van der Waals surface area contributed by atoms with E-state index in [9.17, 15) is 14.4 Å². The number of primary amides is 1. The van der Waals surface area contributed by atoms with Gasteiger partial charge in [0.1, 0.15) is 5.00 Å². The maximum Gasteiger partial charge on any atom is 0.341 e. The number of amides is 2. The van der Waals surface area contributed by atoms with E-state index in [-0.39, 0.29) is 34.5 Å². The lowest BCUT2D eigenvalue weighted by atomic mass is 10.1. The third kappa shape index (κ3) is 4.90. The molecule has 0 radical (unpaired) electrons. The van der Waals surface area contributed by atoms with Gasteiger partial charge in [-0.3, -0.25) is 9.59 Å². The molecule has 0 bridgehead atoms. The summed E-state index contributed by atoms with van der Waals surface area (Å²) in [7, 11) is 0. The van der Waals surface area contributed by atoms with E-state index in [4.69, 9.17) is 10.5 Å². The Morgan fingerprint density at radius 1 is 1.19 bits per heavy atom. The lowest BCUT2D eigenvalue weighted by Gasteiger charge is -2.08. The molecule has 0 atom stereocenters. The molecular weight excluding hydrogens is 354 g/mol. The van der Waals surface area contributed by atoms with E-state index in [1.807, 2.05) is 30.3 Å². The summed E-state index contributed by atoms with van der Waals surface area (Å²) < 4.78 is 5.01. The van der Waals surface area contributed by atoms with Gasteiger partial charge in [0, 0.05) is 6.54 Å². The van der Waals surface area contributed by atoms with Crippen molar-refractivity contribution in [2.24, 2.45) is 5.73 Å². The van der Waals surface area contributed by atoms with Gasteiger partial charge in [-0.25, -0.2) is 4.79 Å². The number of nitrogens with two attached hydrogens (primary N) is 1. The van der Waals surface area contributed by atoms with Gasteiger partial charge in [0.2, 0.25) is 5.91 Å². The topological polar surface area (TPSA) is 111 Å². The predicted molar refractivity (Wildman–Crippen MR) is 100 cm³/mol. The van der Waals surface area contributed by atoms with Gasteiger partial charge in [0.15, 0.2) is 0 Å². The zero-order chi connectivity index (χ0) is 19.1. The molecule has 2 rings (SSSR count). The molecule has 2 aromatic rings. The summed E-state index contributed by atoms with van der Waals surface area (Å²) in [4.78, 5) is 36.1. The molecule has 1 aromatic carbocycles. The Bertz CT molecular complexity index is 802. The Morgan fingerprint density at radius 2 is 1.88 bits per heavy atom. The van der Waals surface area contributed by atoms with Crippen molar-refractivity contribution in [2.75, 3.05) is 18.5 Å². The highest BCUT2D eigenvalue weighted by molar-refractivity contribution is 7.18. The van der Waals surface area contributed by atoms with Crippen LogP contribution in [0.4, 0.5) is 5.00 Å². The van der Waals surface area contributed by atoms with Crippen LogP contribution in [-0.4, -0.2) is 30.9 Å². The predicted octanol–water partition coefficient (Wildman–Crippen LogP) is 2.06. The van der Waals surface area contributed by atoms with Crippen molar-refractivity contribution in [1.29, 1.82) is 0 Å². The fraction of sp³-hybridized carbons (Fsp3) is 0.278. The summed E-state index contributed by atoms with van der Waals surface area (Å²) in [5.74, 6) is -1.58. The second-order valence-corrected chi connectivity index (χ2v) is 6.50. The minimum atomic E-state index is -0.652. The quantitative estimate of drug-likeness (QED) is 0.612. The highest BCUT2D eigenvalue weighted by Crippen LogP contribution is 2.33. The van der Waals surface area contributed by atoms with E-state index in [1.54, 1.807) is 13.8 Å². The molecule has 7 nitrogen and oxygen atoms in total. The lowest BCUT2D eigenvalue weighted by molar-refractivity contribution is -0.115. The molecule has 1 aromatic heterocycles. The molecule has 8 heteroatoms. The molecule has 138 valence electrons. The van der Waals surface area contributed by atoms with Gasteiger partial charge in [0.05, 0.1) is 23.6 Å². The monoisotopic (exact) mass is 375 g/mol. The van der Waals surface area contributed by atoms with Crippen LogP contribution in [0.5, 0.6) is 0 Å².